The van der Waals surface area contributed by atoms with Crippen LogP contribution in [0, 0.1) is 0 Å². The van der Waals surface area contributed by atoms with Gasteiger partial charge in [-0.05, 0) is 36.6 Å². The number of benzene rings is 2. The van der Waals surface area contributed by atoms with E-state index in [1.807, 2.05) is 30.3 Å². The van der Waals surface area contributed by atoms with Crippen LogP contribution in [0.3, 0.4) is 0 Å². The van der Waals surface area contributed by atoms with Crippen LogP contribution in [-0.4, -0.2) is 38.0 Å². The molecule has 2 unspecified atom stereocenters. The van der Waals surface area contributed by atoms with E-state index in [9.17, 15) is 0 Å². The smallest absolute Gasteiger partial charge is 0.119 e. The summed E-state index contributed by atoms with van der Waals surface area (Å²) >= 11 is 0. The van der Waals surface area contributed by atoms with Crippen LogP contribution in [-0.2, 0) is 11.2 Å². The summed E-state index contributed by atoms with van der Waals surface area (Å²) in [6.07, 6.45) is 0.994. The first-order valence-corrected chi connectivity index (χ1v) is 8.36. The Bertz CT molecular complexity index is 571. The molecule has 0 heterocycles. The van der Waals surface area contributed by atoms with E-state index in [1.165, 1.54) is 11.1 Å². The fraction of sp³-hybridized carbons (Fsp3) is 0.400. The lowest BCUT2D eigenvalue weighted by atomic mass is 10.1. The van der Waals surface area contributed by atoms with E-state index in [-0.39, 0.29) is 12.7 Å². The van der Waals surface area contributed by atoms with Gasteiger partial charge in [0.05, 0.1) is 12.7 Å². The summed E-state index contributed by atoms with van der Waals surface area (Å²) in [7, 11) is 1.75. The first kappa shape index (κ1) is 18.5. The highest BCUT2D eigenvalue weighted by molar-refractivity contribution is 5.27. The quantitative estimate of drug-likeness (QED) is 0.704. The Labute approximate surface area is 144 Å². The highest BCUT2D eigenvalue weighted by Crippen LogP contribution is 2.16. The van der Waals surface area contributed by atoms with Gasteiger partial charge in [-0.2, -0.15) is 0 Å². The van der Waals surface area contributed by atoms with Crippen molar-refractivity contribution in [3.63, 3.8) is 0 Å². The lowest BCUT2D eigenvalue weighted by molar-refractivity contribution is 0.0999. The van der Waals surface area contributed by atoms with Gasteiger partial charge in [0, 0.05) is 19.7 Å². The van der Waals surface area contributed by atoms with E-state index in [1.54, 1.807) is 7.11 Å². The molecule has 0 saturated heterocycles. The highest BCUT2D eigenvalue weighted by Gasteiger charge is 2.11. The van der Waals surface area contributed by atoms with Crippen LogP contribution in [0.25, 0.3) is 0 Å². The summed E-state index contributed by atoms with van der Waals surface area (Å²) in [4.78, 5) is 0. The molecule has 0 aliphatic rings. The van der Waals surface area contributed by atoms with Gasteiger partial charge in [-0.25, -0.2) is 0 Å². The van der Waals surface area contributed by atoms with Crippen molar-refractivity contribution in [2.75, 3.05) is 26.9 Å². The number of hydrogen-bond donors (Lipinski definition) is 2. The Morgan fingerprint density at radius 2 is 1.75 bits per heavy atom. The van der Waals surface area contributed by atoms with Crippen molar-refractivity contribution < 1.29 is 14.6 Å². The molecule has 0 aromatic heterocycles. The molecule has 0 aliphatic heterocycles. The summed E-state index contributed by atoms with van der Waals surface area (Å²) < 4.78 is 11.0. The summed E-state index contributed by atoms with van der Waals surface area (Å²) in [5.74, 6) is 0.789. The van der Waals surface area contributed by atoms with Crippen molar-refractivity contribution >= 4 is 0 Å². The van der Waals surface area contributed by atoms with Crippen LogP contribution in [0.4, 0.5) is 0 Å². The Kier molecular flexibility index (Phi) is 7.75. The van der Waals surface area contributed by atoms with Crippen LogP contribution in [0.15, 0.2) is 54.6 Å². The molecule has 4 heteroatoms. The van der Waals surface area contributed by atoms with Crippen LogP contribution in [0.5, 0.6) is 5.75 Å². The van der Waals surface area contributed by atoms with Crippen LogP contribution >= 0.6 is 0 Å². The van der Waals surface area contributed by atoms with Gasteiger partial charge in [-0.1, -0.05) is 42.5 Å². The molecule has 2 rings (SSSR count). The molecule has 0 saturated carbocycles. The van der Waals surface area contributed by atoms with Crippen molar-refractivity contribution in [2.45, 2.75) is 25.5 Å². The topological polar surface area (TPSA) is 50.7 Å². The molecule has 24 heavy (non-hydrogen) atoms. The zero-order chi connectivity index (χ0) is 17.2. The minimum Gasteiger partial charge on any atom is -0.491 e. The number of rotatable bonds is 10. The van der Waals surface area contributed by atoms with Gasteiger partial charge >= 0.3 is 0 Å². The van der Waals surface area contributed by atoms with Gasteiger partial charge in [-0.15, -0.1) is 0 Å². The standard InChI is InChI=1S/C20H27NO3/c1-16(14-17-8-10-19(11-9-17)24-13-12-22)21-15-20(23-2)18-6-4-3-5-7-18/h3-11,16,20-22H,12-15H2,1-2H3. The van der Waals surface area contributed by atoms with Gasteiger partial charge in [0.15, 0.2) is 0 Å². The highest BCUT2D eigenvalue weighted by atomic mass is 16.5. The number of methoxy groups -OCH3 is 1. The second-order valence-electron chi connectivity index (χ2n) is 5.86. The molecular formula is C20H27NO3. The maximum absolute atomic E-state index is 8.76. The largest absolute Gasteiger partial charge is 0.491 e. The average Bonchev–Trinajstić information content (AvgIpc) is 2.62. The maximum Gasteiger partial charge on any atom is 0.119 e. The van der Waals surface area contributed by atoms with Crippen molar-refractivity contribution in [2.24, 2.45) is 0 Å². The molecule has 2 N–H and O–H groups in total. The van der Waals surface area contributed by atoms with Crippen LogP contribution in [0.2, 0.25) is 0 Å². The monoisotopic (exact) mass is 329 g/mol. The molecule has 2 atom stereocenters. The first-order valence-electron chi connectivity index (χ1n) is 8.36. The Hall–Kier alpha value is -1.88. The fourth-order valence-electron chi connectivity index (χ4n) is 2.62. The van der Waals surface area contributed by atoms with Crippen LogP contribution < -0.4 is 10.1 Å². The Balaban J connectivity index is 1.81. The van der Waals surface area contributed by atoms with E-state index in [2.05, 4.69) is 36.5 Å². The molecule has 4 nitrogen and oxygen atoms in total. The summed E-state index contributed by atoms with van der Waals surface area (Å²) in [6.45, 7) is 3.31. The van der Waals surface area contributed by atoms with E-state index < -0.39 is 0 Å². The van der Waals surface area contributed by atoms with Crippen molar-refractivity contribution in [3.05, 3.63) is 65.7 Å². The van der Waals surface area contributed by atoms with Crippen molar-refractivity contribution in [3.8, 4) is 5.75 Å². The Morgan fingerprint density at radius 3 is 2.38 bits per heavy atom. The lowest BCUT2D eigenvalue weighted by Crippen LogP contribution is -2.32. The summed E-state index contributed by atoms with van der Waals surface area (Å²) in [6, 6.07) is 18.6. The van der Waals surface area contributed by atoms with E-state index in [4.69, 9.17) is 14.6 Å². The summed E-state index contributed by atoms with van der Waals surface area (Å²) in [5, 5.41) is 12.3. The maximum atomic E-state index is 8.76. The predicted molar refractivity (Wildman–Crippen MR) is 96.4 cm³/mol. The first-order chi connectivity index (χ1) is 11.7. The molecule has 0 aliphatic carbocycles. The molecule has 0 amide bonds. The summed E-state index contributed by atoms with van der Waals surface area (Å²) in [5.41, 5.74) is 2.44. The molecule has 2 aromatic carbocycles. The molecule has 0 radical (unpaired) electrons. The normalized spacial score (nSPS) is 13.5. The minimum atomic E-state index is 0.0325. The molecule has 0 bridgehead atoms. The predicted octanol–water partition coefficient (Wildman–Crippen LogP) is 2.97. The number of nitrogens with one attached hydrogen (secondary N) is 1. The molecule has 2 aromatic rings. The number of aliphatic hydroxyl groups excluding tert-OH is 1. The minimum absolute atomic E-state index is 0.0325. The van der Waals surface area contributed by atoms with E-state index in [0.29, 0.717) is 12.6 Å². The number of hydrogen-bond acceptors (Lipinski definition) is 4. The van der Waals surface area contributed by atoms with Gasteiger partial charge in [-0.3, -0.25) is 0 Å². The molecule has 0 spiro atoms. The van der Waals surface area contributed by atoms with Gasteiger partial charge in [0.25, 0.3) is 0 Å². The van der Waals surface area contributed by atoms with Gasteiger partial charge < -0.3 is 19.9 Å². The third kappa shape index (κ3) is 5.96. The average molecular weight is 329 g/mol. The lowest BCUT2D eigenvalue weighted by Gasteiger charge is -2.20. The third-order valence-corrected chi connectivity index (χ3v) is 3.93. The van der Waals surface area contributed by atoms with E-state index >= 15 is 0 Å². The van der Waals surface area contributed by atoms with Crippen molar-refractivity contribution in [1.29, 1.82) is 0 Å². The van der Waals surface area contributed by atoms with E-state index in [0.717, 1.165) is 18.7 Å². The SMILES string of the molecule is COC(CNC(C)Cc1ccc(OCCO)cc1)c1ccccc1. The zero-order valence-electron chi connectivity index (χ0n) is 14.4. The van der Waals surface area contributed by atoms with Gasteiger partial charge in [0.2, 0.25) is 0 Å². The fourth-order valence-corrected chi connectivity index (χ4v) is 2.62. The second-order valence-corrected chi connectivity index (χ2v) is 5.86. The number of aliphatic hydroxyl groups is 1. The molecular weight excluding hydrogens is 302 g/mol. The van der Waals surface area contributed by atoms with Gasteiger partial charge in [0.1, 0.15) is 12.4 Å². The zero-order valence-corrected chi connectivity index (χ0v) is 14.4. The Morgan fingerprint density at radius 1 is 1.04 bits per heavy atom. The second kappa shape index (κ2) is 10.1. The van der Waals surface area contributed by atoms with Crippen LogP contribution in [0.1, 0.15) is 24.2 Å². The van der Waals surface area contributed by atoms with Crippen molar-refractivity contribution in [1.82, 2.24) is 5.32 Å². The number of ether oxygens (including phenoxy) is 2. The molecule has 130 valence electrons. The molecule has 0 fully saturated rings. The third-order valence-electron chi connectivity index (χ3n) is 3.93.